The second-order valence-electron chi connectivity index (χ2n) is 6.89. The van der Waals surface area contributed by atoms with Crippen molar-refractivity contribution in [2.45, 2.75) is 25.8 Å². The zero-order chi connectivity index (χ0) is 18.1. The maximum Gasteiger partial charge on any atom is 0.122 e. The summed E-state index contributed by atoms with van der Waals surface area (Å²) in [4.78, 5) is 7.27. The lowest BCUT2D eigenvalue weighted by molar-refractivity contribution is 0.323. The van der Waals surface area contributed by atoms with Crippen LogP contribution in [0.3, 0.4) is 0 Å². The Balaban J connectivity index is 1.54. The van der Waals surface area contributed by atoms with Crippen LogP contribution in [-0.2, 0) is 6.54 Å². The quantitative estimate of drug-likeness (QED) is 0.703. The molecular weight excluding hydrogens is 326 g/mol. The Morgan fingerprint density at radius 1 is 1.15 bits per heavy atom. The van der Waals surface area contributed by atoms with E-state index in [0.717, 1.165) is 49.1 Å². The van der Waals surface area contributed by atoms with Gasteiger partial charge in [0.25, 0.3) is 0 Å². The number of aromatic nitrogens is 2. The minimum atomic E-state index is 0.454. The van der Waals surface area contributed by atoms with Gasteiger partial charge in [-0.3, -0.25) is 4.90 Å². The van der Waals surface area contributed by atoms with Gasteiger partial charge in [0.15, 0.2) is 0 Å². The van der Waals surface area contributed by atoms with Gasteiger partial charge in [0.05, 0.1) is 25.4 Å². The van der Waals surface area contributed by atoms with Gasteiger partial charge in [0, 0.05) is 30.8 Å². The molecule has 5 nitrogen and oxygen atoms in total. The van der Waals surface area contributed by atoms with Crippen LogP contribution in [0, 0.1) is 6.92 Å². The Bertz CT molecular complexity index is 919. The molecular formula is C21H25N3O2. The predicted octanol–water partition coefficient (Wildman–Crippen LogP) is 3.65. The lowest BCUT2D eigenvalue weighted by atomic mass is 9.97. The van der Waals surface area contributed by atoms with Gasteiger partial charge in [0.2, 0.25) is 0 Å². The van der Waals surface area contributed by atoms with E-state index in [-0.39, 0.29) is 0 Å². The van der Waals surface area contributed by atoms with Gasteiger partial charge in [-0.25, -0.2) is 4.98 Å². The number of aryl methyl sites for hydroxylation is 1. The average Bonchev–Trinajstić information content (AvgIpc) is 3.27. The first-order chi connectivity index (χ1) is 12.7. The van der Waals surface area contributed by atoms with E-state index < -0.39 is 0 Å². The van der Waals surface area contributed by atoms with Gasteiger partial charge in [-0.1, -0.05) is 6.07 Å². The number of ether oxygens (including phenoxy) is 2. The standard InChI is InChI=1S/C21H25N3O2/c1-15-22-19(20-6-4-5-10-24(15)20)14-23-11-9-16(13-23)18-12-17(25-2)7-8-21(18)26-3/h4-8,10,12,16H,9,11,13-14H2,1-3H3/t16-/m1/s1. The normalized spacial score (nSPS) is 17.7. The highest BCUT2D eigenvalue weighted by Gasteiger charge is 2.27. The van der Waals surface area contributed by atoms with E-state index in [1.807, 2.05) is 18.2 Å². The number of fused-ring (bicyclic) bond motifs is 1. The molecule has 5 heteroatoms. The maximum absolute atomic E-state index is 5.58. The summed E-state index contributed by atoms with van der Waals surface area (Å²) in [7, 11) is 3.44. The Hall–Kier alpha value is -2.53. The van der Waals surface area contributed by atoms with Gasteiger partial charge in [-0.05, 0) is 50.2 Å². The monoisotopic (exact) mass is 351 g/mol. The van der Waals surface area contributed by atoms with E-state index in [2.05, 4.69) is 40.6 Å². The van der Waals surface area contributed by atoms with E-state index in [0.29, 0.717) is 5.92 Å². The minimum Gasteiger partial charge on any atom is -0.497 e. The summed E-state index contributed by atoms with van der Waals surface area (Å²) in [5.74, 6) is 3.33. The van der Waals surface area contributed by atoms with Crippen molar-refractivity contribution in [2.24, 2.45) is 0 Å². The largest absolute Gasteiger partial charge is 0.497 e. The van der Waals surface area contributed by atoms with Crippen LogP contribution < -0.4 is 9.47 Å². The summed E-state index contributed by atoms with van der Waals surface area (Å²) < 4.78 is 13.1. The predicted molar refractivity (Wildman–Crippen MR) is 102 cm³/mol. The zero-order valence-electron chi connectivity index (χ0n) is 15.6. The van der Waals surface area contributed by atoms with Crippen LogP contribution in [0.2, 0.25) is 0 Å². The summed E-state index contributed by atoms with van der Waals surface area (Å²) in [6.07, 6.45) is 3.20. The minimum absolute atomic E-state index is 0.454. The van der Waals surface area contributed by atoms with E-state index in [9.17, 15) is 0 Å². The Morgan fingerprint density at radius 2 is 2.04 bits per heavy atom. The molecule has 0 radical (unpaired) electrons. The van der Waals surface area contributed by atoms with Crippen molar-refractivity contribution in [3.05, 3.63) is 59.7 Å². The Morgan fingerprint density at radius 3 is 2.85 bits per heavy atom. The van der Waals surface area contributed by atoms with Crippen LogP contribution >= 0.6 is 0 Å². The van der Waals surface area contributed by atoms with Gasteiger partial charge in [-0.15, -0.1) is 0 Å². The third-order valence-corrected chi connectivity index (χ3v) is 5.32. The van der Waals surface area contributed by atoms with Crippen LogP contribution in [0.1, 0.15) is 29.4 Å². The molecule has 26 heavy (non-hydrogen) atoms. The average molecular weight is 351 g/mol. The fourth-order valence-corrected chi connectivity index (χ4v) is 3.98. The molecule has 1 aliphatic rings. The molecule has 4 rings (SSSR count). The molecule has 0 bridgehead atoms. The molecule has 136 valence electrons. The molecule has 1 saturated heterocycles. The zero-order valence-corrected chi connectivity index (χ0v) is 15.6. The van der Waals surface area contributed by atoms with Crippen molar-refractivity contribution in [3.63, 3.8) is 0 Å². The molecule has 0 spiro atoms. The fraction of sp³-hybridized carbons (Fsp3) is 0.381. The van der Waals surface area contributed by atoms with Crippen LogP contribution in [-0.4, -0.2) is 41.6 Å². The summed E-state index contributed by atoms with van der Waals surface area (Å²) in [6.45, 7) is 5.01. The number of imidazole rings is 1. The van der Waals surface area contributed by atoms with E-state index in [1.54, 1.807) is 14.2 Å². The van der Waals surface area contributed by atoms with Crippen LogP contribution in [0.15, 0.2) is 42.6 Å². The molecule has 0 amide bonds. The van der Waals surface area contributed by atoms with E-state index >= 15 is 0 Å². The van der Waals surface area contributed by atoms with Crippen LogP contribution in [0.4, 0.5) is 0 Å². The number of hydrogen-bond acceptors (Lipinski definition) is 4. The van der Waals surface area contributed by atoms with Crippen LogP contribution in [0.25, 0.3) is 5.52 Å². The third kappa shape index (κ3) is 3.03. The summed E-state index contributed by atoms with van der Waals surface area (Å²) in [5, 5.41) is 0. The third-order valence-electron chi connectivity index (χ3n) is 5.32. The molecule has 3 heterocycles. The Kier molecular flexibility index (Phi) is 4.55. The van der Waals surface area contributed by atoms with Gasteiger partial charge in [-0.2, -0.15) is 0 Å². The highest BCUT2D eigenvalue weighted by molar-refractivity contribution is 5.53. The maximum atomic E-state index is 5.58. The molecule has 1 fully saturated rings. The number of nitrogens with zero attached hydrogens (tertiary/aromatic N) is 3. The lowest BCUT2D eigenvalue weighted by Gasteiger charge is -2.17. The molecule has 3 aromatic rings. The number of pyridine rings is 1. The summed E-state index contributed by atoms with van der Waals surface area (Å²) in [5.41, 5.74) is 3.59. The van der Waals surface area contributed by atoms with E-state index in [4.69, 9.17) is 14.5 Å². The van der Waals surface area contributed by atoms with Gasteiger partial charge in [0.1, 0.15) is 17.3 Å². The fourth-order valence-electron chi connectivity index (χ4n) is 3.98. The number of methoxy groups -OCH3 is 2. The van der Waals surface area contributed by atoms with Crippen molar-refractivity contribution in [3.8, 4) is 11.5 Å². The molecule has 1 aliphatic heterocycles. The molecule has 1 aromatic carbocycles. The topological polar surface area (TPSA) is 39.0 Å². The Labute approximate surface area is 154 Å². The second-order valence-corrected chi connectivity index (χ2v) is 6.89. The summed E-state index contributed by atoms with van der Waals surface area (Å²) in [6, 6.07) is 12.3. The molecule has 0 saturated carbocycles. The second kappa shape index (κ2) is 7.00. The lowest BCUT2D eigenvalue weighted by Crippen LogP contribution is -2.20. The SMILES string of the molecule is COc1ccc(OC)c([C@@H]2CCN(Cc3nc(C)n4ccccc34)C2)c1. The molecule has 0 N–H and O–H groups in total. The van der Waals surface area contributed by atoms with E-state index in [1.165, 1.54) is 11.1 Å². The summed E-state index contributed by atoms with van der Waals surface area (Å²) >= 11 is 0. The molecule has 0 unspecified atom stereocenters. The number of hydrogen-bond donors (Lipinski definition) is 0. The first kappa shape index (κ1) is 16.9. The van der Waals surface area contributed by atoms with Gasteiger partial charge < -0.3 is 13.9 Å². The number of benzene rings is 1. The number of likely N-dealkylation sites (tertiary alicyclic amines) is 1. The molecule has 2 aromatic heterocycles. The van der Waals surface area contributed by atoms with Crippen molar-refractivity contribution in [2.75, 3.05) is 27.3 Å². The molecule has 0 aliphatic carbocycles. The van der Waals surface area contributed by atoms with Crippen LogP contribution in [0.5, 0.6) is 11.5 Å². The van der Waals surface area contributed by atoms with Crippen molar-refractivity contribution >= 4 is 5.52 Å². The molecule has 1 atom stereocenters. The smallest absolute Gasteiger partial charge is 0.122 e. The van der Waals surface area contributed by atoms with Crippen molar-refractivity contribution in [1.29, 1.82) is 0 Å². The first-order valence-electron chi connectivity index (χ1n) is 9.06. The van der Waals surface area contributed by atoms with Crippen molar-refractivity contribution in [1.82, 2.24) is 14.3 Å². The highest BCUT2D eigenvalue weighted by Crippen LogP contribution is 2.36. The number of rotatable bonds is 5. The van der Waals surface area contributed by atoms with Crippen molar-refractivity contribution < 1.29 is 9.47 Å². The van der Waals surface area contributed by atoms with Gasteiger partial charge >= 0.3 is 0 Å². The highest BCUT2D eigenvalue weighted by atomic mass is 16.5. The first-order valence-corrected chi connectivity index (χ1v) is 9.06.